The highest BCUT2D eigenvalue weighted by atomic mass is 35.5. The van der Waals surface area contributed by atoms with E-state index >= 15 is 0 Å². The highest BCUT2D eigenvalue weighted by Crippen LogP contribution is 2.32. The summed E-state index contributed by atoms with van der Waals surface area (Å²) in [5, 5.41) is 14.6. The van der Waals surface area contributed by atoms with Gasteiger partial charge in [-0.25, -0.2) is 9.59 Å². The zero-order valence-electron chi connectivity index (χ0n) is 12.0. The van der Waals surface area contributed by atoms with Crippen LogP contribution in [-0.2, 0) is 4.79 Å². The second-order valence-electron chi connectivity index (χ2n) is 5.17. The monoisotopic (exact) mass is 332 g/mol. The number of nitrogens with one attached hydrogen (secondary N) is 2. The first-order valence-corrected chi connectivity index (χ1v) is 7.22. The number of rotatable bonds is 5. The molecule has 0 radical (unpaired) electrons. The highest BCUT2D eigenvalue weighted by Gasteiger charge is 2.22. The number of aryl methyl sites for hydroxylation is 1. The van der Waals surface area contributed by atoms with Crippen LogP contribution < -0.4 is 10.6 Å². The summed E-state index contributed by atoms with van der Waals surface area (Å²) in [6.45, 7) is 5.54. The SMILES string of the molecule is Cc1ccc(Cl)c(NC(=O)NC(CC(C)C)C(=O)O)c1Cl. The first-order valence-electron chi connectivity index (χ1n) is 6.47. The number of carbonyl (C=O) groups excluding carboxylic acids is 1. The number of urea groups is 1. The van der Waals surface area contributed by atoms with Crippen molar-refractivity contribution < 1.29 is 14.7 Å². The Morgan fingerprint density at radius 3 is 2.43 bits per heavy atom. The predicted molar refractivity (Wildman–Crippen MR) is 84.2 cm³/mol. The van der Waals surface area contributed by atoms with E-state index in [0.717, 1.165) is 5.56 Å². The number of hydrogen-bond donors (Lipinski definition) is 3. The van der Waals surface area contributed by atoms with Gasteiger partial charge in [0.25, 0.3) is 0 Å². The van der Waals surface area contributed by atoms with Crippen molar-refractivity contribution in [3.05, 3.63) is 27.7 Å². The highest BCUT2D eigenvalue weighted by molar-refractivity contribution is 6.40. The van der Waals surface area contributed by atoms with Crippen LogP contribution in [0.3, 0.4) is 0 Å². The molecule has 1 rings (SSSR count). The lowest BCUT2D eigenvalue weighted by Crippen LogP contribution is -2.43. The molecule has 116 valence electrons. The third kappa shape index (κ3) is 5.10. The van der Waals surface area contributed by atoms with E-state index in [0.29, 0.717) is 11.4 Å². The molecule has 5 nitrogen and oxygen atoms in total. The fraction of sp³-hybridized carbons (Fsp3) is 0.429. The van der Waals surface area contributed by atoms with Gasteiger partial charge in [-0.1, -0.05) is 43.1 Å². The van der Waals surface area contributed by atoms with Crippen LogP contribution in [0.4, 0.5) is 10.5 Å². The first kappa shape index (κ1) is 17.6. The minimum absolute atomic E-state index is 0.137. The zero-order valence-corrected chi connectivity index (χ0v) is 13.5. The summed E-state index contributed by atoms with van der Waals surface area (Å²) >= 11 is 12.1. The number of carboxylic acid groups (broad SMARTS) is 1. The zero-order chi connectivity index (χ0) is 16.2. The Hall–Kier alpha value is -1.46. The van der Waals surface area contributed by atoms with Gasteiger partial charge in [0.1, 0.15) is 6.04 Å². The molecule has 1 unspecified atom stereocenters. The number of halogens is 2. The van der Waals surface area contributed by atoms with Crippen LogP contribution in [0.25, 0.3) is 0 Å². The van der Waals surface area contributed by atoms with E-state index < -0.39 is 18.0 Å². The fourth-order valence-corrected chi connectivity index (χ4v) is 2.24. The molecule has 2 amide bonds. The predicted octanol–water partition coefficient (Wildman–Crippen LogP) is 3.92. The molecule has 3 N–H and O–H groups in total. The summed E-state index contributed by atoms with van der Waals surface area (Å²) in [4.78, 5) is 23.0. The Morgan fingerprint density at radius 2 is 1.90 bits per heavy atom. The van der Waals surface area contributed by atoms with Crippen molar-refractivity contribution in [1.29, 1.82) is 0 Å². The maximum Gasteiger partial charge on any atom is 0.326 e. The van der Waals surface area contributed by atoms with Gasteiger partial charge in [-0.05, 0) is 30.9 Å². The molecule has 0 saturated heterocycles. The first-order chi connectivity index (χ1) is 9.72. The second-order valence-corrected chi connectivity index (χ2v) is 5.96. The van der Waals surface area contributed by atoms with Crippen molar-refractivity contribution in [3.8, 4) is 0 Å². The van der Waals surface area contributed by atoms with Crippen LogP contribution in [0.1, 0.15) is 25.8 Å². The van der Waals surface area contributed by atoms with Crippen LogP contribution in [0, 0.1) is 12.8 Å². The van der Waals surface area contributed by atoms with E-state index in [1.807, 2.05) is 13.8 Å². The standard InChI is InChI=1S/C14H18Cl2N2O3/c1-7(2)6-10(13(19)20)17-14(21)18-12-9(15)5-4-8(3)11(12)16/h4-5,7,10H,6H2,1-3H3,(H,19,20)(H2,17,18,21). The maximum atomic E-state index is 11.9. The van der Waals surface area contributed by atoms with Crippen LogP contribution in [0.5, 0.6) is 0 Å². The van der Waals surface area contributed by atoms with Crippen LogP contribution in [0.15, 0.2) is 12.1 Å². The quantitative estimate of drug-likeness (QED) is 0.764. The molecule has 0 aliphatic rings. The van der Waals surface area contributed by atoms with Gasteiger partial charge in [0, 0.05) is 0 Å². The van der Waals surface area contributed by atoms with E-state index in [4.69, 9.17) is 28.3 Å². The molecule has 21 heavy (non-hydrogen) atoms. The van der Waals surface area contributed by atoms with E-state index in [-0.39, 0.29) is 16.6 Å². The Morgan fingerprint density at radius 1 is 1.29 bits per heavy atom. The van der Waals surface area contributed by atoms with Gasteiger partial charge in [0.05, 0.1) is 15.7 Å². The summed E-state index contributed by atoms with van der Waals surface area (Å²) in [7, 11) is 0. The van der Waals surface area contributed by atoms with Crippen LogP contribution >= 0.6 is 23.2 Å². The minimum Gasteiger partial charge on any atom is -0.480 e. The molecule has 7 heteroatoms. The number of carboxylic acids is 1. The Balaban J connectivity index is 2.82. The molecule has 0 spiro atoms. The molecule has 0 aliphatic carbocycles. The van der Waals surface area contributed by atoms with Crippen molar-refractivity contribution in [1.82, 2.24) is 5.32 Å². The number of hydrogen-bond acceptors (Lipinski definition) is 2. The summed E-state index contributed by atoms with van der Waals surface area (Å²) in [5.41, 5.74) is 1.03. The van der Waals surface area contributed by atoms with Crippen LogP contribution in [0.2, 0.25) is 10.0 Å². The molecule has 0 saturated carbocycles. The number of aliphatic carboxylic acids is 1. The summed E-state index contributed by atoms with van der Waals surface area (Å²) < 4.78 is 0. The van der Waals surface area contributed by atoms with Crippen molar-refractivity contribution in [2.75, 3.05) is 5.32 Å². The molecular weight excluding hydrogens is 315 g/mol. The average Bonchev–Trinajstić information content (AvgIpc) is 2.38. The number of benzene rings is 1. The van der Waals surface area contributed by atoms with Crippen LogP contribution in [-0.4, -0.2) is 23.1 Å². The molecule has 1 aromatic carbocycles. The molecule has 1 atom stereocenters. The molecular formula is C14H18Cl2N2O3. The summed E-state index contributed by atoms with van der Waals surface area (Å²) in [6.07, 6.45) is 0.331. The molecule has 0 bridgehead atoms. The smallest absolute Gasteiger partial charge is 0.326 e. The molecule has 0 heterocycles. The fourth-order valence-electron chi connectivity index (χ4n) is 1.77. The lowest BCUT2D eigenvalue weighted by molar-refractivity contribution is -0.139. The van der Waals surface area contributed by atoms with Crippen molar-refractivity contribution in [2.45, 2.75) is 33.2 Å². The summed E-state index contributed by atoms with van der Waals surface area (Å²) in [5.74, 6) is -0.946. The van der Waals surface area contributed by atoms with Gasteiger partial charge < -0.3 is 15.7 Å². The number of anilines is 1. The number of carbonyl (C=O) groups is 2. The third-order valence-electron chi connectivity index (χ3n) is 2.83. The molecule has 1 aromatic rings. The Kier molecular flexibility index (Phi) is 6.30. The van der Waals surface area contributed by atoms with Crippen molar-refractivity contribution in [2.24, 2.45) is 5.92 Å². The molecule has 0 aromatic heterocycles. The minimum atomic E-state index is -1.08. The lowest BCUT2D eigenvalue weighted by atomic mass is 10.0. The topological polar surface area (TPSA) is 78.4 Å². The van der Waals surface area contributed by atoms with Gasteiger partial charge in [-0.15, -0.1) is 0 Å². The van der Waals surface area contributed by atoms with Gasteiger partial charge in [-0.2, -0.15) is 0 Å². The van der Waals surface area contributed by atoms with Gasteiger partial charge in [0.2, 0.25) is 0 Å². The van der Waals surface area contributed by atoms with E-state index in [1.54, 1.807) is 19.1 Å². The molecule has 0 aliphatic heterocycles. The van der Waals surface area contributed by atoms with E-state index in [1.165, 1.54) is 0 Å². The van der Waals surface area contributed by atoms with Gasteiger partial charge in [-0.3, -0.25) is 0 Å². The second kappa shape index (κ2) is 7.52. The average molecular weight is 333 g/mol. The van der Waals surface area contributed by atoms with Crippen molar-refractivity contribution in [3.63, 3.8) is 0 Å². The lowest BCUT2D eigenvalue weighted by Gasteiger charge is -2.18. The van der Waals surface area contributed by atoms with E-state index in [9.17, 15) is 9.59 Å². The van der Waals surface area contributed by atoms with Gasteiger partial charge in [0.15, 0.2) is 0 Å². The summed E-state index contributed by atoms with van der Waals surface area (Å²) in [6, 6.07) is 1.72. The number of amides is 2. The van der Waals surface area contributed by atoms with E-state index in [2.05, 4.69) is 10.6 Å². The maximum absolute atomic E-state index is 11.9. The molecule has 0 fully saturated rings. The normalized spacial score (nSPS) is 12.1. The van der Waals surface area contributed by atoms with Crippen molar-refractivity contribution >= 4 is 40.9 Å². The largest absolute Gasteiger partial charge is 0.480 e. The van der Waals surface area contributed by atoms with Gasteiger partial charge >= 0.3 is 12.0 Å². The Bertz CT molecular complexity index is 547. The Labute approximate surface area is 133 Å². The third-order valence-corrected chi connectivity index (χ3v) is 3.64.